The normalized spacial score (nSPS) is 20.1. The zero-order valence-electron chi connectivity index (χ0n) is 11.7. The van der Waals surface area contributed by atoms with E-state index in [2.05, 4.69) is 20.1 Å². The lowest BCUT2D eigenvalue weighted by Gasteiger charge is -2.07. The molecule has 0 bridgehead atoms. The van der Waals surface area contributed by atoms with E-state index in [0.717, 1.165) is 12.0 Å². The zero-order valence-corrected chi connectivity index (χ0v) is 12.5. The van der Waals surface area contributed by atoms with Gasteiger partial charge < -0.3 is 4.98 Å². The van der Waals surface area contributed by atoms with E-state index >= 15 is 0 Å². The number of nitrogens with zero attached hydrogens (tertiary/aromatic N) is 3. The van der Waals surface area contributed by atoms with Crippen molar-refractivity contribution in [2.75, 3.05) is 6.67 Å². The van der Waals surface area contributed by atoms with Crippen molar-refractivity contribution in [3.63, 3.8) is 0 Å². The molecule has 0 saturated heterocycles. The average molecular weight is 336 g/mol. The first-order valence-electron chi connectivity index (χ1n) is 7.01. The second kappa shape index (κ2) is 5.02. The molecule has 1 aliphatic carbocycles. The highest BCUT2D eigenvalue weighted by atomic mass is 35.5. The molecule has 2 atom stereocenters. The highest BCUT2D eigenvalue weighted by molar-refractivity contribution is 6.29. The van der Waals surface area contributed by atoms with Gasteiger partial charge in [0.1, 0.15) is 0 Å². The Labute approximate surface area is 133 Å². The Kier molecular flexibility index (Phi) is 3.08. The summed E-state index contributed by atoms with van der Waals surface area (Å²) in [5.41, 5.74) is 0.751. The minimum Gasteiger partial charge on any atom is -0.313 e. The van der Waals surface area contributed by atoms with Crippen LogP contribution < -0.4 is 11.2 Å². The molecule has 3 heterocycles. The minimum absolute atomic E-state index is 0.0320. The second-order valence-electron chi connectivity index (χ2n) is 5.54. The standard InChI is InChI=1S/C14H11ClFN5O2/c15-11-5-17-12-8(7-1-6(7)3-16)2-10(20-21(11)12)9-4-18-14(23)19-13(9)22/h2,4-7H,1,3H2,(H2,18,19,22,23)/t6-,7+/m1/s1. The third kappa shape index (κ3) is 2.26. The molecule has 0 unspecified atom stereocenters. The molecule has 3 aromatic rings. The van der Waals surface area contributed by atoms with Gasteiger partial charge in [0.15, 0.2) is 10.8 Å². The minimum atomic E-state index is -0.597. The van der Waals surface area contributed by atoms with E-state index in [9.17, 15) is 14.0 Å². The van der Waals surface area contributed by atoms with Crippen LogP contribution in [0, 0.1) is 5.92 Å². The van der Waals surface area contributed by atoms with E-state index in [0.29, 0.717) is 16.5 Å². The highest BCUT2D eigenvalue weighted by Crippen LogP contribution is 2.49. The van der Waals surface area contributed by atoms with Crippen LogP contribution in [0.25, 0.3) is 16.9 Å². The molecular formula is C14H11ClFN5O2. The van der Waals surface area contributed by atoms with Gasteiger partial charge in [0, 0.05) is 11.8 Å². The Morgan fingerprint density at radius 1 is 1.43 bits per heavy atom. The first-order valence-corrected chi connectivity index (χ1v) is 7.39. The molecule has 7 nitrogen and oxygen atoms in total. The maximum Gasteiger partial charge on any atom is 0.325 e. The van der Waals surface area contributed by atoms with Gasteiger partial charge in [0.25, 0.3) is 5.56 Å². The van der Waals surface area contributed by atoms with Crippen LogP contribution in [0.3, 0.4) is 0 Å². The van der Waals surface area contributed by atoms with Crippen molar-refractivity contribution >= 4 is 17.2 Å². The van der Waals surface area contributed by atoms with E-state index in [4.69, 9.17) is 11.6 Å². The molecule has 118 valence electrons. The van der Waals surface area contributed by atoms with Crippen LogP contribution in [0.1, 0.15) is 17.9 Å². The predicted octanol–water partition coefficient (Wildman–Crippen LogP) is 1.50. The summed E-state index contributed by atoms with van der Waals surface area (Å²) in [5, 5.41) is 4.60. The third-order valence-electron chi connectivity index (χ3n) is 4.07. The maximum atomic E-state index is 12.9. The Hall–Kier alpha value is -2.48. The molecule has 3 aromatic heterocycles. The number of imidazole rings is 1. The first kappa shape index (κ1) is 14.1. The topological polar surface area (TPSA) is 95.9 Å². The summed E-state index contributed by atoms with van der Waals surface area (Å²) in [7, 11) is 0. The molecule has 1 saturated carbocycles. The van der Waals surface area contributed by atoms with Gasteiger partial charge in [-0.1, -0.05) is 11.6 Å². The molecule has 0 aliphatic heterocycles. The Balaban J connectivity index is 1.95. The SMILES string of the molecule is O=c1[nH]cc(-c2cc([C@H]3C[C@@H]3CF)c3ncc(Cl)n3n2)c(=O)[nH]1. The van der Waals surface area contributed by atoms with E-state index in [1.165, 1.54) is 16.9 Å². The molecule has 2 N–H and O–H groups in total. The molecule has 0 spiro atoms. The number of nitrogens with one attached hydrogen (secondary N) is 2. The van der Waals surface area contributed by atoms with Gasteiger partial charge in [-0.05, 0) is 24.3 Å². The van der Waals surface area contributed by atoms with Crippen molar-refractivity contribution in [3.8, 4) is 11.3 Å². The van der Waals surface area contributed by atoms with Crippen molar-refractivity contribution in [3.05, 3.63) is 50.0 Å². The third-order valence-corrected chi connectivity index (χ3v) is 4.33. The van der Waals surface area contributed by atoms with Gasteiger partial charge >= 0.3 is 5.69 Å². The van der Waals surface area contributed by atoms with E-state index in [1.54, 1.807) is 6.07 Å². The lowest BCUT2D eigenvalue weighted by atomic mass is 10.1. The fraction of sp³-hybridized carbons (Fsp3) is 0.286. The van der Waals surface area contributed by atoms with Crippen LogP contribution in [0.2, 0.25) is 5.15 Å². The number of rotatable bonds is 3. The molecule has 1 fully saturated rings. The van der Waals surface area contributed by atoms with Crippen molar-refractivity contribution < 1.29 is 4.39 Å². The molecule has 4 rings (SSSR count). The van der Waals surface area contributed by atoms with Gasteiger partial charge in [-0.15, -0.1) is 0 Å². The molecular weight excluding hydrogens is 325 g/mol. The first-order chi connectivity index (χ1) is 11.1. The van der Waals surface area contributed by atoms with Crippen LogP contribution in [0.4, 0.5) is 4.39 Å². The van der Waals surface area contributed by atoms with Gasteiger partial charge in [-0.3, -0.25) is 14.2 Å². The number of fused-ring (bicyclic) bond motifs is 1. The zero-order chi connectivity index (χ0) is 16.1. The van der Waals surface area contributed by atoms with Crippen molar-refractivity contribution in [2.24, 2.45) is 5.92 Å². The van der Waals surface area contributed by atoms with E-state index < -0.39 is 17.9 Å². The molecule has 1 aliphatic rings. The van der Waals surface area contributed by atoms with Crippen molar-refractivity contribution in [1.29, 1.82) is 0 Å². The Morgan fingerprint density at radius 2 is 2.26 bits per heavy atom. The summed E-state index contributed by atoms with van der Waals surface area (Å²) in [6.45, 7) is -0.401. The van der Waals surface area contributed by atoms with Crippen LogP contribution in [-0.4, -0.2) is 31.2 Å². The summed E-state index contributed by atoms with van der Waals surface area (Å²) in [5.74, 6) is -0.0112. The number of hydrogen-bond donors (Lipinski definition) is 2. The summed E-state index contributed by atoms with van der Waals surface area (Å²) in [4.78, 5) is 31.9. The van der Waals surface area contributed by atoms with Crippen LogP contribution >= 0.6 is 11.6 Å². The number of halogens is 2. The molecule has 0 amide bonds. The number of aromatic amines is 2. The summed E-state index contributed by atoms with van der Waals surface area (Å²) >= 11 is 6.08. The van der Waals surface area contributed by atoms with Gasteiger partial charge in [0.2, 0.25) is 0 Å². The molecule has 23 heavy (non-hydrogen) atoms. The Bertz CT molecular complexity index is 1020. The van der Waals surface area contributed by atoms with E-state index in [1.807, 2.05) is 0 Å². The number of H-pyrrole nitrogens is 2. The number of aromatic nitrogens is 5. The second-order valence-corrected chi connectivity index (χ2v) is 5.93. The van der Waals surface area contributed by atoms with E-state index in [-0.39, 0.29) is 17.4 Å². The lowest BCUT2D eigenvalue weighted by Crippen LogP contribution is -2.23. The Morgan fingerprint density at radius 3 is 2.96 bits per heavy atom. The van der Waals surface area contributed by atoms with Gasteiger partial charge in [0.05, 0.1) is 24.1 Å². The number of hydrogen-bond acceptors (Lipinski definition) is 4. The van der Waals surface area contributed by atoms with Gasteiger partial charge in [-0.25, -0.2) is 14.3 Å². The van der Waals surface area contributed by atoms with Gasteiger partial charge in [-0.2, -0.15) is 5.10 Å². The largest absolute Gasteiger partial charge is 0.325 e. The summed E-state index contributed by atoms with van der Waals surface area (Å²) < 4.78 is 14.3. The van der Waals surface area contributed by atoms with Crippen molar-refractivity contribution in [1.82, 2.24) is 24.6 Å². The molecule has 9 heteroatoms. The maximum absolute atomic E-state index is 12.9. The van der Waals surface area contributed by atoms with Crippen molar-refractivity contribution in [2.45, 2.75) is 12.3 Å². The average Bonchev–Trinajstić information content (AvgIpc) is 3.23. The monoisotopic (exact) mass is 335 g/mol. The smallest absolute Gasteiger partial charge is 0.313 e. The van der Waals surface area contributed by atoms with Crippen LogP contribution in [0.5, 0.6) is 0 Å². The predicted molar refractivity (Wildman–Crippen MR) is 81.5 cm³/mol. The lowest BCUT2D eigenvalue weighted by molar-refractivity contribution is 0.452. The fourth-order valence-corrected chi connectivity index (χ4v) is 2.94. The molecule has 0 radical (unpaired) electrons. The fourth-order valence-electron chi connectivity index (χ4n) is 2.77. The number of alkyl halides is 1. The highest BCUT2D eigenvalue weighted by Gasteiger charge is 2.40. The van der Waals surface area contributed by atoms with Crippen LogP contribution in [-0.2, 0) is 0 Å². The quantitative estimate of drug-likeness (QED) is 0.758. The summed E-state index contributed by atoms with van der Waals surface area (Å²) in [6.07, 6.45) is 3.48. The summed E-state index contributed by atoms with van der Waals surface area (Å²) in [6, 6.07) is 1.71. The van der Waals surface area contributed by atoms with Crippen LogP contribution in [0.15, 0.2) is 28.0 Å². The molecule has 0 aromatic carbocycles.